The van der Waals surface area contributed by atoms with Crippen molar-refractivity contribution in [1.29, 1.82) is 0 Å². The highest BCUT2D eigenvalue weighted by Gasteiger charge is 2.30. The van der Waals surface area contributed by atoms with E-state index in [-0.39, 0.29) is 5.82 Å². The van der Waals surface area contributed by atoms with Gasteiger partial charge < -0.3 is 0 Å². The van der Waals surface area contributed by atoms with Gasteiger partial charge in [-0.1, -0.05) is 52.0 Å². The van der Waals surface area contributed by atoms with E-state index in [2.05, 4.69) is 42.8 Å². The molecule has 6 heteroatoms. The predicted octanol–water partition coefficient (Wildman–Crippen LogP) is 5.47. The highest BCUT2D eigenvalue weighted by Crippen LogP contribution is 2.41. The van der Waals surface area contributed by atoms with E-state index in [0.717, 1.165) is 28.2 Å². The van der Waals surface area contributed by atoms with E-state index in [1.165, 1.54) is 11.6 Å². The summed E-state index contributed by atoms with van der Waals surface area (Å²) in [5.74, 6) is 1.19. The van der Waals surface area contributed by atoms with Gasteiger partial charge in [-0.15, -0.1) is 10.2 Å². The molecule has 0 amide bonds. The van der Waals surface area contributed by atoms with Gasteiger partial charge in [-0.25, -0.2) is 4.39 Å². The number of rotatable bonds is 5. The Morgan fingerprint density at radius 1 is 1.08 bits per heavy atom. The van der Waals surface area contributed by atoms with Gasteiger partial charge in [0.05, 0.1) is 5.56 Å². The zero-order valence-electron chi connectivity index (χ0n) is 12.8. The van der Waals surface area contributed by atoms with Gasteiger partial charge in [-0.05, 0) is 42.7 Å². The topological polar surface area (TPSA) is 30.7 Å². The van der Waals surface area contributed by atoms with E-state index in [4.69, 9.17) is 0 Å². The third-order valence-corrected chi connectivity index (χ3v) is 5.52. The van der Waals surface area contributed by atoms with Crippen LogP contribution in [0.15, 0.2) is 58.2 Å². The van der Waals surface area contributed by atoms with Gasteiger partial charge in [0.2, 0.25) is 0 Å². The quantitative estimate of drug-likeness (QED) is 0.528. The van der Waals surface area contributed by atoms with E-state index in [0.29, 0.717) is 17.4 Å². The van der Waals surface area contributed by atoms with Crippen molar-refractivity contribution in [3.8, 4) is 11.4 Å². The van der Waals surface area contributed by atoms with Gasteiger partial charge in [0.1, 0.15) is 5.82 Å². The molecule has 3 aromatic rings. The molecular weight excluding hydrogens is 389 g/mol. The first kappa shape index (κ1) is 15.8. The van der Waals surface area contributed by atoms with Gasteiger partial charge in [-0.2, -0.15) is 0 Å². The smallest absolute Gasteiger partial charge is 0.192 e. The first-order valence-corrected chi connectivity index (χ1v) is 9.57. The number of thioether (sulfide) groups is 1. The first-order chi connectivity index (χ1) is 11.7. The molecule has 1 aliphatic carbocycles. The maximum atomic E-state index is 14.1. The van der Waals surface area contributed by atoms with Crippen molar-refractivity contribution in [1.82, 2.24) is 14.8 Å². The minimum absolute atomic E-state index is 0.253. The summed E-state index contributed by atoms with van der Waals surface area (Å²) in [6, 6.07) is 15.4. The van der Waals surface area contributed by atoms with Crippen LogP contribution in [0.1, 0.15) is 24.4 Å². The maximum absolute atomic E-state index is 14.1. The number of hydrogen-bond acceptors (Lipinski definition) is 3. The summed E-state index contributed by atoms with van der Waals surface area (Å²) in [5, 5.41) is 9.47. The Morgan fingerprint density at radius 2 is 1.83 bits per heavy atom. The van der Waals surface area contributed by atoms with Crippen LogP contribution in [-0.4, -0.2) is 14.8 Å². The Bertz CT molecular complexity index is 859. The Labute approximate surface area is 152 Å². The standard InChI is InChI=1S/C18H15BrFN3S/c19-13-7-5-12(6-8-13)11-24-18-22-21-17(23(18)14-9-10-14)15-3-1-2-4-16(15)20/h1-8,14H,9-11H2. The molecule has 0 bridgehead atoms. The minimum Gasteiger partial charge on any atom is -0.299 e. The molecule has 1 aromatic heterocycles. The number of hydrogen-bond donors (Lipinski definition) is 0. The molecule has 24 heavy (non-hydrogen) atoms. The molecule has 0 saturated heterocycles. The van der Waals surface area contributed by atoms with Crippen molar-refractivity contribution in [2.24, 2.45) is 0 Å². The molecule has 0 spiro atoms. The van der Waals surface area contributed by atoms with Crippen molar-refractivity contribution in [2.75, 3.05) is 0 Å². The van der Waals surface area contributed by atoms with Crippen molar-refractivity contribution in [3.63, 3.8) is 0 Å². The van der Waals surface area contributed by atoms with Crippen LogP contribution in [0.25, 0.3) is 11.4 Å². The molecule has 0 N–H and O–H groups in total. The SMILES string of the molecule is Fc1ccccc1-c1nnc(SCc2ccc(Br)cc2)n1C1CC1. The fourth-order valence-corrected chi connectivity index (χ4v) is 3.82. The molecule has 3 nitrogen and oxygen atoms in total. The molecule has 0 atom stereocenters. The summed E-state index contributed by atoms with van der Waals surface area (Å²) in [7, 11) is 0. The van der Waals surface area contributed by atoms with Crippen LogP contribution in [0.4, 0.5) is 4.39 Å². The molecule has 0 radical (unpaired) electrons. The fourth-order valence-electron chi connectivity index (χ4n) is 2.59. The molecule has 1 fully saturated rings. The monoisotopic (exact) mass is 403 g/mol. The van der Waals surface area contributed by atoms with E-state index >= 15 is 0 Å². The number of nitrogens with zero attached hydrogens (tertiary/aromatic N) is 3. The molecule has 122 valence electrons. The van der Waals surface area contributed by atoms with Crippen LogP contribution in [0, 0.1) is 5.82 Å². The summed E-state index contributed by atoms with van der Waals surface area (Å²) in [5.41, 5.74) is 1.74. The Balaban J connectivity index is 1.62. The van der Waals surface area contributed by atoms with Gasteiger partial charge in [-0.3, -0.25) is 4.57 Å². The lowest BCUT2D eigenvalue weighted by atomic mass is 10.2. The van der Waals surface area contributed by atoms with E-state index in [1.807, 2.05) is 18.2 Å². The molecular formula is C18H15BrFN3S. The lowest BCUT2D eigenvalue weighted by Crippen LogP contribution is -2.01. The van der Waals surface area contributed by atoms with E-state index in [9.17, 15) is 4.39 Å². The Kier molecular flexibility index (Phi) is 4.41. The molecule has 2 aromatic carbocycles. The van der Waals surface area contributed by atoms with E-state index in [1.54, 1.807) is 23.9 Å². The minimum atomic E-state index is -0.253. The largest absolute Gasteiger partial charge is 0.299 e. The molecule has 1 aliphatic rings. The fraction of sp³-hybridized carbons (Fsp3) is 0.222. The second-order valence-electron chi connectivity index (χ2n) is 5.80. The van der Waals surface area contributed by atoms with Gasteiger partial charge in [0.25, 0.3) is 0 Å². The zero-order valence-corrected chi connectivity index (χ0v) is 15.2. The van der Waals surface area contributed by atoms with Gasteiger partial charge >= 0.3 is 0 Å². The average molecular weight is 404 g/mol. The van der Waals surface area contributed by atoms with Crippen molar-refractivity contribution in [2.45, 2.75) is 29.8 Å². The summed E-state index contributed by atoms with van der Waals surface area (Å²) in [6.07, 6.45) is 2.21. The third kappa shape index (κ3) is 3.26. The second-order valence-corrected chi connectivity index (χ2v) is 7.66. The van der Waals surface area contributed by atoms with Crippen LogP contribution >= 0.6 is 27.7 Å². The summed E-state index contributed by atoms with van der Waals surface area (Å²) < 4.78 is 17.3. The maximum Gasteiger partial charge on any atom is 0.192 e. The highest BCUT2D eigenvalue weighted by atomic mass is 79.9. The van der Waals surface area contributed by atoms with Crippen molar-refractivity contribution >= 4 is 27.7 Å². The Hall–Kier alpha value is -1.66. The number of halogens is 2. The van der Waals surface area contributed by atoms with Crippen LogP contribution in [0.5, 0.6) is 0 Å². The summed E-state index contributed by atoms with van der Waals surface area (Å²) >= 11 is 5.09. The number of benzene rings is 2. The van der Waals surface area contributed by atoms with Crippen LogP contribution in [0.2, 0.25) is 0 Å². The Morgan fingerprint density at radius 3 is 2.54 bits per heavy atom. The van der Waals surface area contributed by atoms with Crippen LogP contribution < -0.4 is 0 Å². The predicted molar refractivity (Wildman–Crippen MR) is 97.4 cm³/mol. The van der Waals surface area contributed by atoms with Gasteiger partial charge in [0, 0.05) is 16.3 Å². The van der Waals surface area contributed by atoms with Crippen molar-refractivity contribution < 1.29 is 4.39 Å². The van der Waals surface area contributed by atoms with Gasteiger partial charge in [0.15, 0.2) is 11.0 Å². The molecule has 1 heterocycles. The lowest BCUT2D eigenvalue weighted by Gasteiger charge is -2.09. The number of aromatic nitrogens is 3. The van der Waals surface area contributed by atoms with E-state index < -0.39 is 0 Å². The first-order valence-electron chi connectivity index (χ1n) is 7.79. The van der Waals surface area contributed by atoms with Crippen molar-refractivity contribution in [3.05, 3.63) is 64.4 Å². The third-order valence-electron chi connectivity index (χ3n) is 3.97. The van der Waals surface area contributed by atoms with Crippen LogP contribution in [-0.2, 0) is 5.75 Å². The summed E-state index contributed by atoms with van der Waals surface area (Å²) in [6.45, 7) is 0. The lowest BCUT2D eigenvalue weighted by molar-refractivity contribution is 0.622. The molecule has 0 aliphatic heterocycles. The molecule has 0 unspecified atom stereocenters. The highest BCUT2D eigenvalue weighted by molar-refractivity contribution is 9.10. The molecule has 4 rings (SSSR count). The zero-order chi connectivity index (χ0) is 16.5. The summed E-state index contributed by atoms with van der Waals surface area (Å²) in [4.78, 5) is 0. The molecule has 1 saturated carbocycles. The normalized spacial score (nSPS) is 14.1. The average Bonchev–Trinajstić information content (AvgIpc) is 3.35. The van der Waals surface area contributed by atoms with Crippen LogP contribution in [0.3, 0.4) is 0 Å². The second kappa shape index (κ2) is 6.69.